The lowest BCUT2D eigenvalue weighted by molar-refractivity contribution is 0.135. The van der Waals surface area contributed by atoms with Crippen molar-refractivity contribution in [3.63, 3.8) is 0 Å². The van der Waals surface area contributed by atoms with E-state index in [-0.39, 0.29) is 17.6 Å². The number of fused-ring (bicyclic) bond motifs is 1. The number of hydrogen-bond acceptors (Lipinski definition) is 6. The molecule has 1 aliphatic heterocycles. The molecule has 0 unspecified atom stereocenters. The topological polar surface area (TPSA) is 109 Å². The van der Waals surface area contributed by atoms with Crippen LogP contribution in [0.5, 0.6) is 11.5 Å². The number of anilines is 1. The van der Waals surface area contributed by atoms with E-state index < -0.39 is 0 Å². The predicted molar refractivity (Wildman–Crippen MR) is 127 cm³/mol. The van der Waals surface area contributed by atoms with Gasteiger partial charge >= 0.3 is 6.03 Å². The van der Waals surface area contributed by atoms with Gasteiger partial charge in [0, 0.05) is 24.3 Å². The smallest absolute Gasteiger partial charge is 0.319 e. The molecule has 33 heavy (non-hydrogen) atoms. The molecule has 0 bridgehead atoms. The highest BCUT2D eigenvalue weighted by Gasteiger charge is 2.24. The maximum absolute atomic E-state index is 12.7. The van der Waals surface area contributed by atoms with E-state index in [0.717, 1.165) is 31.5 Å². The third-order valence-corrected chi connectivity index (χ3v) is 5.89. The Balaban J connectivity index is 1.46. The van der Waals surface area contributed by atoms with E-state index in [1.54, 1.807) is 19.2 Å². The maximum Gasteiger partial charge on any atom is 0.319 e. The number of likely N-dealkylation sites (tertiary alicyclic amines) is 1. The van der Waals surface area contributed by atoms with E-state index in [2.05, 4.69) is 25.5 Å². The first-order chi connectivity index (χ1) is 16.1. The molecule has 0 spiro atoms. The molecule has 0 saturated carbocycles. The van der Waals surface area contributed by atoms with Crippen molar-refractivity contribution in [2.45, 2.75) is 31.8 Å². The first kappa shape index (κ1) is 22.6. The molecule has 1 atom stereocenters. The minimum Gasteiger partial charge on any atom is -0.493 e. The van der Waals surface area contributed by atoms with Crippen molar-refractivity contribution in [1.82, 2.24) is 20.2 Å². The van der Waals surface area contributed by atoms with E-state index in [1.165, 1.54) is 7.11 Å². The van der Waals surface area contributed by atoms with Crippen LogP contribution in [0.15, 0.2) is 47.3 Å². The van der Waals surface area contributed by atoms with Gasteiger partial charge in [0.05, 0.1) is 31.7 Å². The molecular formula is C24H29N5O4. The molecule has 4 rings (SSSR count). The normalized spacial score (nSPS) is 16.4. The monoisotopic (exact) mass is 451 g/mol. The summed E-state index contributed by atoms with van der Waals surface area (Å²) in [4.78, 5) is 34.8. The molecular weight excluding hydrogens is 422 g/mol. The van der Waals surface area contributed by atoms with Crippen molar-refractivity contribution in [1.29, 1.82) is 0 Å². The minimum absolute atomic E-state index is 0.159. The van der Waals surface area contributed by atoms with Gasteiger partial charge in [-0.25, -0.2) is 9.78 Å². The zero-order valence-electron chi connectivity index (χ0n) is 18.9. The first-order valence-electron chi connectivity index (χ1n) is 11.1. The van der Waals surface area contributed by atoms with Crippen LogP contribution in [-0.2, 0) is 6.54 Å². The number of aromatic amines is 1. The Morgan fingerprint density at radius 3 is 2.67 bits per heavy atom. The third kappa shape index (κ3) is 5.43. The second-order valence-corrected chi connectivity index (χ2v) is 8.06. The fourth-order valence-corrected chi connectivity index (χ4v) is 4.19. The number of carbonyl (C=O) groups excluding carboxylic acids is 1. The van der Waals surface area contributed by atoms with E-state index in [1.807, 2.05) is 30.3 Å². The Morgan fingerprint density at radius 1 is 1.15 bits per heavy atom. The van der Waals surface area contributed by atoms with E-state index in [9.17, 15) is 9.59 Å². The number of urea groups is 1. The molecule has 1 aliphatic rings. The van der Waals surface area contributed by atoms with Gasteiger partial charge < -0.3 is 25.1 Å². The van der Waals surface area contributed by atoms with Gasteiger partial charge in [-0.15, -0.1) is 0 Å². The Kier molecular flexibility index (Phi) is 7.09. The van der Waals surface area contributed by atoms with Crippen molar-refractivity contribution in [3.05, 3.63) is 58.6 Å². The molecule has 3 aromatic rings. The van der Waals surface area contributed by atoms with Gasteiger partial charge in [0.2, 0.25) is 0 Å². The number of nitrogens with one attached hydrogen (secondary N) is 3. The van der Waals surface area contributed by atoms with E-state index in [4.69, 9.17) is 9.47 Å². The highest BCUT2D eigenvalue weighted by molar-refractivity contribution is 5.89. The molecule has 9 nitrogen and oxygen atoms in total. The molecule has 174 valence electrons. The summed E-state index contributed by atoms with van der Waals surface area (Å²) in [5.41, 5.74) is 1.09. The van der Waals surface area contributed by atoms with Gasteiger partial charge in [-0.2, -0.15) is 0 Å². The van der Waals surface area contributed by atoms with E-state index in [0.29, 0.717) is 41.3 Å². The second-order valence-electron chi connectivity index (χ2n) is 8.06. The Hall–Kier alpha value is -3.59. The highest BCUT2D eigenvalue weighted by Crippen LogP contribution is 2.30. The molecule has 3 N–H and O–H groups in total. The van der Waals surface area contributed by atoms with Crippen LogP contribution in [0.25, 0.3) is 10.9 Å². The second kappa shape index (κ2) is 10.4. The molecule has 1 saturated heterocycles. The zero-order valence-corrected chi connectivity index (χ0v) is 18.9. The van der Waals surface area contributed by atoms with Gasteiger partial charge in [0.1, 0.15) is 5.82 Å². The maximum atomic E-state index is 12.7. The Bertz CT molecular complexity index is 1160. The first-order valence-corrected chi connectivity index (χ1v) is 11.1. The molecule has 1 aromatic heterocycles. The number of benzene rings is 2. The standard InChI is InChI=1S/C24H29N5O4/c1-32-20-12-18-19(13-21(20)33-2)27-22(28-23(18)30)15-29-11-7-6-10-17(29)14-25-24(31)26-16-8-4-3-5-9-16/h3-5,8-9,12-13,17H,6-7,10-11,14-15H2,1-2H3,(H2,25,26,31)(H,27,28,30)/t17-/m1/s1. The van der Waals surface area contributed by atoms with Crippen LogP contribution >= 0.6 is 0 Å². The summed E-state index contributed by atoms with van der Waals surface area (Å²) in [6.07, 6.45) is 3.13. The largest absolute Gasteiger partial charge is 0.493 e. The van der Waals surface area contributed by atoms with Gasteiger partial charge in [-0.1, -0.05) is 24.6 Å². The van der Waals surface area contributed by atoms with Crippen molar-refractivity contribution in [3.8, 4) is 11.5 Å². The van der Waals surface area contributed by atoms with Crippen LogP contribution in [0.4, 0.5) is 10.5 Å². The lowest BCUT2D eigenvalue weighted by Gasteiger charge is -2.35. The van der Waals surface area contributed by atoms with Crippen LogP contribution in [0.3, 0.4) is 0 Å². The number of aromatic nitrogens is 2. The summed E-state index contributed by atoms with van der Waals surface area (Å²) in [5.74, 6) is 1.60. The lowest BCUT2D eigenvalue weighted by Crippen LogP contribution is -2.47. The van der Waals surface area contributed by atoms with Crippen molar-refractivity contribution >= 4 is 22.6 Å². The minimum atomic E-state index is -0.231. The number of hydrogen-bond donors (Lipinski definition) is 3. The predicted octanol–water partition coefficient (Wildman–Crippen LogP) is 3.12. The number of rotatable bonds is 7. The molecule has 2 amide bonds. The molecule has 9 heteroatoms. The average molecular weight is 452 g/mol. The number of carbonyl (C=O) groups is 1. The lowest BCUT2D eigenvalue weighted by atomic mass is 10.0. The fraction of sp³-hybridized carbons (Fsp3) is 0.375. The Morgan fingerprint density at radius 2 is 1.91 bits per heavy atom. The number of H-pyrrole nitrogens is 1. The summed E-state index contributed by atoms with van der Waals surface area (Å²) < 4.78 is 10.6. The number of methoxy groups -OCH3 is 2. The molecule has 0 aliphatic carbocycles. The molecule has 2 aromatic carbocycles. The summed E-state index contributed by atoms with van der Waals surface area (Å²) in [6, 6.07) is 12.6. The van der Waals surface area contributed by atoms with Gasteiger partial charge in [-0.05, 0) is 37.6 Å². The quantitative estimate of drug-likeness (QED) is 0.509. The van der Waals surface area contributed by atoms with Gasteiger partial charge in [0.25, 0.3) is 5.56 Å². The summed E-state index contributed by atoms with van der Waals surface area (Å²) in [7, 11) is 3.08. The summed E-state index contributed by atoms with van der Waals surface area (Å²) in [6.45, 7) is 1.88. The van der Waals surface area contributed by atoms with Crippen molar-refractivity contribution in [2.75, 3.05) is 32.6 Å². The Labute approximate surface area is 192 Å². The molecule has 1 fully saturated rings. The van der Waals surface area contributed by atoms with Crippen LogP contribution in [0.1, 0.15) is 25.1 Å². The van der Waals surface area contributed by atoms with Crippen molar-refractivity contribution < 1.29 is 14.3 Å². The van der Waals surface area contributed by atoms with Crippen LogP contribution < -0.4 is 25.7 Å². The van der Waals surface area contributed by atoms with Crippen LogP contribution in [0.2, 0.25) is 0 Å². The SMILES string of the molecule is COc1cc2nc(CN3CCCC[C@@H]3CNC(=O)Nc3ccccc3)[nH]c(=O)c2cc1OC. The number of ether oxygens (including phenoxy) is 2. The average Bonchev–Trinajstić information content (AvgIpc) is 2.83. The van der Waals surface area contributed by atoms with E-state index >= 15 is 0 Å². The van der Waals surface area contributed by atoms with Crippen LogP contribution in [0, 0.1) is 0 Å². The van der Waals surface area contributed by atoms with Crippen molar-refractivity contribution in [2.24, 2.45) is 0 Å². The zero-order chi connectivity index (χ0) is 23.2. The number of para-hydroxylation sites is 1. The summed E-state index contributed by atoms with van der Waals surface area (Å²) in [5, 5.41) is 6.26. The van der Waals surface area contributed by atoms with Gasteiger partial charge in [0.15, 0.2) is 11.5 Å². The fourth-order valence-electron chi connectivity index (χ4n) is 4.19. The van der Waals surface area contributed by atoms with Crippen LogP contribution in [-0.4, -0.2) is 54.2 Å². The molecule has 2 heterocycles. The number of piperidine rings is 1. The number of amides is 2. The molecule has 0 radical (unpaired) electrons. The number of nitrogens with zero attached hydrogens (tertiary/aromatic N) is 2. The highest BCUT2D eigenvalue weighted by atomic mass is 16.5. The summed E-state index contributed by atoms with van der Waals surface area (Å²) >= 11 is 0. The van der Waals surface area contributed by atoms with Gasteiger partial charge in [-0.3, -0.25) is 9.69 Å². The third-order valence-electron chi connectivity index (χ3n) is 5.89.